The van der Waals surface area contributed by atoms with Crippen molar-refractivity contribution in [2.75, 3.05) is 40.5 Å². The first kappa shape index (κ1) is 28.3. The summed E-state index contributed by atoms with van der Waals surface area (Å²) < 4.78 is 25.0. The fourth-order valence-corrected chi connectivity index (χ4v) is 4.29. The third-order valence-electron chi connectivity index (χ3n) is 6.30. The lowest BCUT2D eigenvalue weighted by Gasteiger charge is -2.25. The normalized spacial score (nSPS) is 12.0. The lowest BCUT2D eigenvalue weighted by Crippen LogP contribution is -2.36. The minimum absolute atomic E-state index is 0.227. The molecule has 1 N–H and O–H groups in total. The highest BCUT2D eigenvalue weighted by molar-refractivity contribution is 5.47. The molecule has 4 rings (SSSR count). The first-order valence-corrected chi connectivity index (χ1v) is 13.0. The van der Waals surface area contributed by atoms with Crippen LogP contribution in [0.25, 0.3) is 5.69 Å². The molecule has 0 radical (unpaired) electrons. The molecule has 8 nitrogen and oxygen atoms in total. The van der Waals surface area contributed by atoms with Gasteiger partial charge in [-0.25, -0.2) is 4.68 Å². The Balaban J connectivity index is 1.56. The maximum atomic E-state index is 10.8. The number of hydrogen-bond acceptors (Lipinski definition) is 7. The minimum Gasteiger partial charge on any atom is -0.493 e. The molecule has 39 heavy (non-hydrogen) atoms. The zero-order chi connectivity index (χ0) is 27.5. The molecule has 0 aliphatic heterocycles. The topological polar surface area (TPSA) is 78.2 Å². The number of aliphatic hydroxyl groups excluding tert-OH is 1. The van der Waals surface area contributed by atoms with Crippen LogP contribution < -0.4 is 9.47 Å². The maximum Gasteiger partial charge on any atom is 0.227 e. The monoisotopic (exact) mass is 531 g/mol. The minimum atomic E-state index is -0.673. The van der Waals surface area contributed by atoms with Crippen molar-refractivity contribution in [2.24, 2.45) is 0 Å². The Morgan fingerprint density at radius 1 is 0.897 bits per heavy atom. The summed E-state index contributed by atoms with van der Waals surface area (Å²) in [4.78, 5) is 2.13. The largest absolute Gasteiger partial charge is 0.493 e. The second-order valence-electron chi connectivity index (χ2n) is 9.25. The Morgan fingerprint density at radius 2 is 1.56 bits per heavy atom. The van der Waals surface area contributed by atoms with Gasteiger partial charge >= 0.3 is 0 Å². The third kappa shape index (κ3) is 7.91. The van der Waals surface area contributed by atoms with E-state index >= 15 is 0 Å². The average Bonchev–Trinajstić information content (AvgIpc) is 3.27. The Kier molecular flexibility index (Phi) is 10.5. The number of benzene rings is 3. The van der Waals surface area contributed by atoms with Gasteiger partial charge in [0.15, 0.2) is 11.5 Å². The van der Waals surface area contributed by atoms with Crippen molar-refractivity contribution in [3.8, 4) is 23.1 Å². The zero-order valence-electron chi connectivity index (χ0n) is 22.8. The van der Waals surface area contributed by atoms with E-state index in [1.54, 1.807) is 14.2 Å². The van der Waals surface area contributed by atoms with Crippen molar-refractivity contribution >= 4 is 0 Å². The van der Waals surface area contributed by atoms with Crippen LogP contribution >= 0.6 is 0 Å². The molecule has 8 heteroatoms. The van der Waals surface area contributed by atoms with Gasteiger partial charge in [-0.05, 0) is 36.8 Å². The van der Waals surface area contributed by atoms with E-state index in [1.165, 1.54) is 0 Å². The van der Waals surface area contributed by atoms with E-state index in [4.69, 9.17) is 24.0 Å². The Morgan fingerprint density at radius 3 is 2.26 bits per heavy atom. The molecule has 0 bridgehead atoms. The highest BCUT2D eigenvalue weighted by Gasteiger charge is 2.23. The first-order chi connectivity index (χ1) is 19.1. The Labute approximate surface area is 230 Å². The molecule has 1 aromatic heterocycles. The predicted molar refractivity (Wildman–Crippen MR) is 151 cm³/mol. The number of ether oxygens (including phenoxy) is 4. The van der Waals surface area contributed by atoms with Crippen molar-refractivity contribution in [3.05, 3.63) is 102 Å². The van der Waals surface area contributed by atoms with Gasteiger partial charge in [0, 0.05) is 26.7 Å². The van der Waals surface area contributed by atoms with Crippen LogP contribution in [-0.4, -0.2) is 66.4 Å². The van der Waals surface area contributed by atoms with E-state index in [1.807, 2.05) is 96.5 Å². The van der Waals surface area contributed by atoms with Crippen LogP contribution in [0.5, 0.6) is 17.4 Å². The molecule has 1 atom stereocenters. The molecular formula is C31H37N3O5. The van der Waals surface area contributed by atoms with Crippen molar-refractivity contribution in [1.29, 1.82) is 0 Å². The molecule has 0 aliphatic carbocycles. The summed E-state index contributed by atoms with van der Waals surface area (Å²) in [5, 5.41) is 15.7. The van der Waals surface area contributed by atoms with E-state index in [9.17, 15) is 5.11 Å². The number of nitrogens with zero attached hydrogens (tertiary/aromatic N) is 3. The summed E-state index contributed by atoms with van der Waals surface area (Å²) in [7, 11) is 3.29. The van der Waals surface area contributed by atoms with Crippen LogP contribution in [0.15, 0.2) is 84.9 Å². The van der Waals surface area contributed by atoms with Gasteiger partial charge in [0.1, 0.15) is 0 Å². The van der Waals surface area contributed by atoms with Crippen molar-refractivity contribution in [1.82, 2.24) is 14.7 Å². The fraction of sp³-hybridized carbons (Fsp3) is 0.323. The SMILES string of the molecule is COCCN(Cc1c(C)nn(-c2ccccc2)c1Oc1ccccc1OC)C[C@H](O)COCc1ccccc1. The number of aryl methyl sites for hydroxylation is 1. The van der Waals surface area contributed by atoms with Crippen LogP contribution in [0.2, 0.25) is 0 Å². The summed E-state index contributed by atoms with van der Waals surface area (Å²) in [6.07, 6.45) is -0.673. The number of hydrogen-bond donors (Lipinski definition) is 1. The summed E-state index contributed by atoms with van der Waals surface area (Å²) >= 11 is 0. The van der Waals surface area contributed by atoms with Crippen LogP contribution in [0.1, 0.15) is 16.8 Å². The molecule has 0 unspecified atom stereocenters. The van der Waals surface area contributed by atoms with Crippen molar-refractivity contribution < 1.29 is 24.1 Å². The van der Waals surface area contributed by atoms with Crippen molar-refractivity contribution in [3.63, 3.8) is 0 Å². The van der Waals surface area contributed by atoms with Gasteiger partial charge in [-0.2, -0.15) is 5.10 Å². The van der Waals surface area contributed by atoms with E-state index in [2.05, 4.69) is 4.90 Å². The second kappa shape index (κ2) is 14.5. The van der Waals surface area contributed by atoms with Crippen LogP contribution in [0, 0.1) is 6.92 Å². The molecule has 0 saturated carbocycles. The Bertz CT molecular complexity index is 1280. The lowest BCUT2D eigenvalue weighted by atomic mass is 10.2. The molecular weight excluding hydrogens is 494 g/mol. The van der Waals surface area contributed by atoms with Gasteiger partial charge < -0.3 is 24.1 Å². The van der Waals surface area contributed by atoms with E-state index in [0.29, 0.717) is 50.2 Å². The van der Waals surface area contributed by atoms with Gasteiger partial charge in [0.2, 0.25) is 5.88 Å². The molecule has 0 aliphatic rings. The molecule has 4 aromatic rings. The average molecular weight is 532 g/mol. The molecule has 3 aromatic carbocycles. The molecule has 0 fully saturated rings. The highest BCUT2D eigenvalue weighted by atomic mass is 16.5. The summed E-state index contributed by atoms with van der Waals surface area (Å²) in [5.74, 6) is 1.82. The number of methoxy groups -OCH3 is 2. The van der Waals surface area contributed by atoms with Gasteiger partial charge in [0.05, 0.1) is 50.0 Å². The number of rotatable bonds is 15. The smallest absolute Gasteiger partial charge is 0.227 e. The lowest BCUT2D eigenvalue weighted by molar-refractivity contribution is 0.00466. The fourth-order valence-electron chi connectivity index (χ4n) is 4.29. The summed E-state index contributed by atoms with van der Waals surface area (Å²) in [6, 6.07) is 27.4. The number of aliphatic hydroxyl groups is 1. The molecule has 1 heterocycles. The van der Waals surface area contributed by atoms with Crippen LogP contribution in [0.4, 0.5) is 0 Å². The van der Waals surface area contributed by atoms with Crippen molar-refractivity contribution in [2.45, 2.75) is 26.2 Å². The molecule has 0 amide bonds. The van der Waals surface area contributed by atoms with Gasteiger partial charge in [-0.1, -0.05) is 60.7 Å². The standard InChI is InChI=1S/C31H37N3O5/c1-24-28(21-33(18-19-36-2)20-27(35)23-38-22-25-12-6-4-7-13-25)31(34(32-24)26-14-8-5-9-15-26)39-30-17-11-10-16-29(30)37-3/h4-17,27,35H,18-23H2,1-3H3/t27-/m0/s1. The maximum absolute atomic E-state index is 10.8. The molecule has 206 valence electrons. The zero-order valence-corrected chi connectivity index (χ0v) is 22.8. The van der Waals surface area contributed by atoms with Gasteiger partial charge in [-0.15, -0.1) is 0 Å². The second-order valence-corrected chi connectivity index (χ2v) is 9.25. The summed E-state index contributed by atoms with van der Waals surface area (Å²) in [5.41, 5.74) is 3.71. The molecule has 0 saturated heterocycles. The summed E-state index contributed by atoms with van der Waals surface area (Å²) in [6.45, 7) is 4.70. The predicted octanol–water partition coefficient (Wildman–Crippen LogP) is 5.01. The third-order valence-corrected chi connectivity index (χ3v) is 6.30. The first-order valence-electron chi connectivity index (χ1n) is 13.0. The van der Waals surface area contributed by atoms with Gasteiger partial charge in [-0.3, -0.25) is 4.90 Å². The van der Waals surface area contributed by atoms with E-state index in [0.717, 1.165) is 22.5 Å². The quantitative estimate of drug-likeness (QED) is 0.231. The highest BCUT2D eigenvalue weighted by Crippen LogP contribution is 2.36. The number of para-hydroxylation sites is 3. The van der Waals surface area contributed by atoms with Crippen LogP contribution in [0.3, 0.4) is 0 Å². The number of aromatic nitrogens is 2. The Hall–Kier alpha value is -3.69. The van der Waals surface area contributed by atoms with E-state index < -0.39 is 6.10 Å². The van der Waals surface area contributed by atoms with E-state index in [-0.39, 0.29) is 6.61 Å². The van der Waals surface area contributed by atoms with Gasteiger partial charge in [0.25, 0.3) is 0 Å². The van der Waals surface area contributed by atoms with Crippen LogP contribution in [-0.2, 0) is 22.6 Å². The molecule has 0 spiro atoms.